The Labute approximate surface area is 292 Å². The van der Waals surface area contributed by atoms with E-state index in [1.807, 2.05) is 13.8 Å². The fourth-order valence-corrected chi connectivity index (χ4v) is 4.59. The number of rotatable bonds is 25. The summed E-state index contributed by atoms with van der Waals surface area (Å²) >= 11 is 0. The predicted molar refractivity (Wildman–Crippen MR) is 181 cm³/mol. The number of aliphatic carboxylic acids is 1. The third-order valence-electron chi connectivity index (χ3n) is 7.29. The summed E-state index contributed by atoms with van der Waals surface area (Å²) in [5.41, 5.74) is 16.5. The van der Waals surface area contributed by atoms with Gasteiger partial charge in [0.2, 0.25) is 41.4 Å². The largest absolute Gasteiger partial charge is 0.480 e. The molecule has 0 aliphatic carbocycles. The highest BCUT2D eigenvalue weighted by Gasteiger charge is 2.31. The molecule has 286 valence electrons. The summed E-state index contributed by atoms with van der Waals surface area (Å²) in [6, 6.07) is -7.34. The van der Waals surface area contributed by atoms with Crippen molar-refractivity contribution in [3.63, 3.8) is 0 Å². The summed E-state index contributed by atoms with van der Waals surface area (Å²) in [4.78, 5) is 99.4. The zero-order chi connectivity index (χ0) is 38.6. The Morgan fingerprint density at radius 2 is 1.18 bits per heavy atom. The normalized spacial score (nSPS) is 14.7. The van der Waals surface area contributed by atoms with Crippen LogP contribution in [0.15, 0.2) is 0 Å². The molecule has 0 rings (SSSR count). The van der Waals surface area contributed by atoms with E-state index in [0.717, 1.165) is 0 Å². The van der Waals surface area contributed by atoms with Gasteiger partial charge in [0.25, 0.3) is 0 Å². The SMILES string of the molecule is CC(C)CC(N)C(=O)NC(CCC(N)=O)C(=O)NCC(=O)NC(C)C(=O)NC(CO)C(=O)NC(CC(C)C)C(=O)NC(CCCCN)C(=O)O. The molecule has 7 amide bonds. The van der Waals surface area contributed by atoms with E-state index in [9.17, 15) is 48.6 Å². The number of carboxylic acid groups (broad SMARTS) is 1. The van der Waals surface area contributed by atoms with Crippen LogP contribution in [0.1, 0.15) is 79.6 Å². The number of carboxylic acids is 1. The van der Waals surface area contributed by atoms with Gasteiger partial charge in [0, 0.05) is 6.42 Å². The van der Waals surface area contributed by atoms with Crippen LogP contribution in [0.2, 0.25) is 0 Å². The Bertz CT molecular complexity index is 1170. The van der Waals surface area contributed by atoms with Crippen molar-refractivity contribution in [2.24, 2.45) is 29.0 Å². The van der Waals surface area contributed by atoms with Crippen molar-refractivity contribution >= 4 is 47.3 Å². The molecular formula is C31H57N9O10. The van der Waals surface area contributed by atoms with Gasteiger partial charge in [0.15, 0.2) is 0 Å². The molecular weight excluding hydrogens is 658 g/mol. The summed E-state index contributed by atoms with van der Waals surface area (Å²) in [6.07, 6.45) is 1.22. The zero-order valence-electron chi connectivity index (χ0n) is 29.6. The predicted octanol–water partition coefficient (Wildman–Crippen LogP) is -3.56. The molecule has 0 saturated heterocycles. The van der Waals surface area contributed by atoms with Crippen molar-refractivity contribution in [2.75, 3.05) is 19.7 Å². The maximum atomic E-state index is 13.0. The van der Waals surface area contributed by atoms with Gasteiger partial charge in [-0.2, -0.15) is 0 Å². The Balaban J connectivity index is 5.31. The molecule has 6 unspecified atom stereocenters. The van der Waals surface area contributed by atoms with Gasteiger partial charge < -0.3 is 59.3 Å². The van der Waals surface area contributed by atoms with Crippen LogP contribution in [-0.4, -0.2) is 113 Å². The van der Waals surface area contributed by atoms with Gasteiger partial charge in [-0.25, -0.2) is 4.79 Å². The lowest BCUT2D eigenvalue weighted by Crippen LogP contribution is -2.59. The van der Waals surface area contributed by atoms with E-state index >= 15 is 0 Å². The number of carbonyl (C=O) groups excluding carboxylic acids is 7. The van der Waals surface area contributed by atoms with Gasteiger partial charge >= 0.3 is 5.97 Å². The number of amides is 7. The lowest BCUT2D eigenvalue weighted by Gasteiger charge is -2.25. The number of carbonyl (C=O) groups is 8. The van der Waals surface area contributed by atoms with Gasteiger partial charge in [-0.1, -0.05) is 27.7 Å². The van der Waals surface area contributed by atoms with Crippen LogP contribution in [0.5, 0.6) is 0 Å². The highest BCUT2D eigenvalue weighted by Crippen LogP contribution is 2.08. The first-order valence-corrected chi connectivity index (χ1v) is 16.7. The first-order chi connectivity index (χ1) is 23.3. The first-order valence-electron chi connectivity index (χ1n) is 16.7. The summed E-state index contributed by atoms with van der Waals surface area (Å²) in [6.45, 7) is 7.41. The average molecular weight is 716 g/mol. The van der Waals surface area contributed by atoms with E-state index in [4.69, 9.17) is 17.2 Å². The molecule has 0 fully saturated rings. The Hall–Kier alpha value is -4.36. The minimum atomic E-state index is -1.54. The minimum absolute atomic E-state index is 0.0992. The molecule has 0 spiro atoms. The van der Waals surface area contributed by atoms with Crippen molar-refractivity contribution < 1.29 is 48.6 Å². The topological polar surface area (TPSA) is 327 Å². The summed E-state index contributed by atoms with van der Waals surface area (Å²) in [5, 5.41) is 33.6. The molecule has 19 heteroatoms. The molecule has 14 N–H and O–H groups in total. The van der Waals surface area contributed by atoms with Crippen molar-refractivity contribution in [3.05, 3.63) is 0 Å². The molecule has 0 aromatic carbocycles. The fraction of sp³-hybridized carbons (Fsp3) is 0.742. The van der Waals surface area contributed by atoms with Crippen molar-refractivity contribution in [1.82, 2.24) is 31.9 Å². The zero-order valence-corrected chi connectivity index (χ0v) is 29.6. The van der Waals surface area contributed by atoms with E-state index in [1.165, 1.54) is 6.92 Å². The third kappa shape index (κ3) is 19.0. The second-order valence-electron chi connectivity index (χ2n) is 12.9. The Kier molecular flexibility index (Phi) is 21.8. The van der Waals surface area contributed by atoms with Crippen LogP contribution in [0.25, 0.3) is 0 Å². The molecule has 0 aromatic heterocycles. The molecule has 0 heterocycles. The standard InChI is InChI=1S/C31H57N9O10/c1-16(2)12-19(33)27(45)37-20(9-10-24(34)42)28(46)35-14-25(43)36-18(5)26(44)40-23(15-41)30(48)39-22(13-17(3)4)29(47)38-21(31(49)50)8-6-7-11-32/h16-23,41H,6-15,32-33H2,1-5H3,(H2,34,42)(H,35,46)(H,36,43)(H,37,45)(H,38,47)(H,39,48)(H,40,44)(H,49,50). The van der Waals surface area contributed by atoms with Crippen molar-refractivity contribution in [1.29, 1.82) is 0 Å². The number of aliphatic hydroxyl groups excluding tert-OH is 1. The average Bonchev–Trinajstić information content (AvgIpc) is 3.02. The molecule has 19 nitrogen and oxygen atoms in total. The molecule has 0 bridgehead atoms. The van der Waals surface area contributed by atoms with Crippen LogP contribution < -0.4 is 49.1 Å². The maximum Gasteiger partial charge on any atom is 0.326 e. The fourth-order valence-electron chi connectivity index (χ4n) is 4.59. The number of hydrogen-bond acceptors (Lipinski definition) is 11. The van der Waals surface area contributed by atoms with E-state index in [0.29, 0.717) is 25.8 Å². The molecule has 50 heavy (non-hydrogen) atoms. The van der Waals surface area contributed by atoms with Crippen LogP contribution >= 0.6 is 0 Å². The second kappa shape index (κ2) is 23.9. The first kappa shape index (κ1) is 45.6. The van der Waals surface area contributed by atoms with E-state index < -0.39 is 96.7 Å². The lowest BCUT2D eigenvalue weighted by atomic mass is 10.0. The summed E-state index contributed by atoms with van der Waals surface area (Å²) in [7, 11) is 0. The van der Waals surface area contributed by atoms with Crippen molar-refractivity contribution in [3.8, 4) is 0 Å². The monoisotopic (exact) mass is 715 g/mol. The highest BCUT2D eigenvalue weighted by atomic mass is 16.4. The van der Waals surface area contributed by atoms with Gasteiger partial charge in [0.05, 0.1) is 19.2 Å². The van der Waals surface area contributed by atoms with Gasteiger partial charge in [-0.05, 0) is 63.8 Å². The number of primary amides is 1. The number of nitrogens with two attached hydrogens (primary N) is 3. The number of unbranched alkanes of at least 4 members (excludes halogenated alkanes) is 1. The van der Waals surface area contributed by atoms with Gasteiger partial charge in [0.1, 0.15) is 30.2 Å². The van der Waals surface area contributed by atoms with Crippen LogP contribution in [0.3, 0.4) is 0 Å². The number of aliphatic hydroxyl groups is 1. The maximum absolute atomic E-state index is 13.0. The second-order valence-corrected chi connectivity index (χ2v) is 12.9. The number of hydrogen-bond donors (Lipinski definition) is 11. The highest BCUT2D eigenvalue weighted by molar-refractivity contribution is 5.96. The van der Waals surface area contributed by atoms with Crippen LogP contribution in [-0.2, 0) is 38.4 Å². The Morgan fingerprint density at radius 3 is 1.70 bits per heavy atom. The smallest absolute Gasteiger partial charge is 0.326 e. The molecule has 0 aliphatic rings. The van der Waals surface area contributed by atoms with E-state index in [1.54, 1.807) is 13.8 Å². The third-order valence-corrected chi connectivity index (χ3v) is 7.29. The molecule has 0 radical (unpaired) electrons. The van der Waals surface area contributed by atoms with E-state index in [-0.39, 0.29) is 37.5 Å². The van der Waals surface area contributed by atoms with Gasteiger partial charge in [-0.3, -0.25) is 33.6 Å². The Morgan fingerprint density at radius 1 is 0.640 bits per heavy atom. The molecule has 0 saturated carbocycles. The minimum Gasteiger partial charge on any atom is -0.480 e. The van der Waals surface area contributed by atoms with E-state index in [2.05, 4.69) is 31.9 Å². The summed E-state index contributed by atoms with van der Waals surface area (Å²) < 4.78 is 0. The van der Waals surface area contributed by atoms with Crippen molar-refractivity contribution in [2.45, 2.75) is 116 Å². The quantitative estimate of drug-likeness (QED) is 0.0409. The lowest BCUT2D eigenvalue weighted by molar-refractivity contribution is -0.142. The van der Waals surface area contributed by atoms with Crippen LogP contribution in [0, 0.1) is 11.8 Å². The number of nitrogens with one attached hydrogen (secondary N) is 6. The van der Waals surface area contributed by atoms with Crippen LogP contribution in [0.4, 0.5) is 0 Å². The van der Waals surface area contributed by atoms with Gasteiger partial charge in [-0.15, -0.1) is 0 Å². The summed E-state index contributed by atoms with van der Waals surface area (Å²) in [5.74, 6) is -6.80. The molecule has 6 atom stereocenters. The molecule has 0 aliphatic heterocycles. The molecule has 0 aromatic rings.